The average molecular weight is 471 g/mol. The lowest BCUT2D eigenvalue weighted by Gasteiger charge is -2.19. The first-order valence-corrected chi connectivity index (χ1v) is 11.5. The molecule has 0 aliphatic rings. The molecule has 35 heavy (non-hydrogen) atoms. The van der Waals surface area contributed by atoms with Crippen molar-refractivity contribution in [3.8, 4) is 0 Å². The summed E-state index contributed by atoms with van der Waals surface area (Å²) in [5.41, 5.74) is 10.7. The van der Waals surface area contributed by atoms with E-state index in [1.54, 1.807) is 34.8 Å². The van der Waals surface area contributed by atoms with Crippen molar-refractivity contribution < 1.29 is 9.59 Å². The van der Waals surface area contributed by atoms with Gasteiger partial charge in [-0.15, -0.1) is 0 Å². The Bertz CT molecular complexity index is 1400. The van der Waals surface area contributed by atoms with E-state index in [1.165, 1.54) is 11.9 Å². The molecule has 0 bridgehead atoms. The highest BCUT2D eigenvalue weighted by atomic mass is 16.2. The number of hydrogen-bond acceptors (Lipinski definition) is 5. The van der Waals surface area contributed by atoms with Crippen molar-refractivity contribution in [3.63, 3.8) is 0 Å². The number of nitrogens with one attached hydrogen (secondary N) is 2. The van der Waals surface area contributed by atoms with Crippen LogP contribution in [0.2, 0.25) is 0 Å². The Labute approximate surface area is 204 Å². The lowest BCUT2D eigenvalue weighted by Crippen LogP contribution is -2.20. The first-order chi connectivity index (χ1) is 16.5. The van der Waals surface area contributed by atoms with Crippen LogP contribution in [0.1, 0.15) is 67.7 Å². The number of nitrogen functional groups attached to an aromatic ring is 1. The number of carbonyl (C=O) groups excluding carboxylic acids is 2. The van der Waals surface area contributed by atoms with Crippen LogP contribution in [0.3, 0.4) is 0 Å². The third-order valence-corrected chi connectivity index (χ3v) is 5.84. The van der Waals surface area contributed by atoms with Crippen molar-refractivity contribution in [2.45, 2.75) is 46.0 Å². The second-order valence-electron chi connectivity index (χ2n) is 9.86. The zero-order valence-corrected chi connectivity index (χ0v) is 20.6. The Hall–Kier alpha value is -4.20. The van der Waals surface area contributed by atoms with Gasteiger partial charge in [0.25, 0.3) is 0 Å². The van der Waals surface area contributed by atoms with Crippen LogP contribution in [-0.4, -0.2) is 26.4 Å². The van der Waals surface area contributed by atoms with Crippen LogP contribution < -0.4 is 16.4 Å². The van der Waals surface area contributed by atoms with E-state index < -0.39 is 6.03 Å². The van der Waals surface area contributed by atoms with E-state index in [0.29, 0.717) is 28.0 Å². The Balaban J connectivity index is 1.55. The Morgan fingerprint density at radius 1 is 0.971 bits per heavy atom. The summed E-state index contributed by atoms with van der Waals surface area (Å²) in [5, 5.41) is 9.91. The fourth-order valence-corrected chi connectivity index (χ4v) is 3.92. The molecule has 180 valence electrons. The number of ketones is 1. The molecule has 2 amide bonds. The minimum Gasteiger partial charge on any atom is -0.382 e. The summed E-state index contributed by atoms with van der Waals surface area (Å²) >= 11 is 0. The molecule has 0 aliphatic carbocycles. The molecule has 8 heteroatoms. The molecule has 0 atom stereocenters. The summed E-state index contributed by atoms with van der Waals surface area (Å²) in [7, 11) is 0. The van der Waals surface area contributed by atoms with Gasteiger partial charge in [-0.05, 0) is 47.2 Å². The number of nitrogens with two attached hydrogens (primary N) is 1. The molecule has 0 saturated carbocycles. The molecule has 0 fully saturated rings. The van der Waals surface area contributed by atoms with Crippen molar-refractivity contribution in [1.29, 1.82) is 0 Å². The van der Waals surface area contributed by atoms with Gasteiger partial charge in [0.2, 0.25) is 0 Å². The molecule has 4 N–H and O–H groups in total. The van der Waals surface area contributed by atoms with Crippen LogP contribution in [-0.2, 0) is 5.41 Å². The fourth-order valence-electron chi connectivity index (χ4n) is 3.92. The number of nitrogens with zero attached hydrogens (tertiary/aromatic N) is 3. The molecule has 2 heterocycles. The average Bonchev–Trinajstić information content (AvgIpc) is 3.20. The van der Waals surface area contributed by atoms with Crippen LogP contribution >= 0.6 is 0 Å². The third kappa shape index (κ3) is 5.01. The molecule has 8 nitrogen and oxygen atoms in total. The molecular weight excluding hydrogens is 440 g/mol. The highest BCUT2D eigenvalue weighted by Gasteiger charge is 2.22. The Morgan fingerprint density at radius 3 is 2.31 bits per heavy atom. The lowest BCUT2D eigenvalue weighted by atomic mass is 9.87. The first kappa shape index (κ1) is 23.9. The minimum absolute atomic E-state index is 0.0338. The van der Waals surface area contributed by atoms with Gasteiger partial charge in [0.15, 0.2) is 11.6 Å². The van der Waals surface area contributed by atoms with Crippen LogP contribution in [0.4, 0.5) is 22.0 Å². The third-order valence-electron chi connectivity index (χ3n) is 5.84. The van der Waals surface area contributed by atoms with Gasteiger partial charge in [-0.3, -0.25) is 4.79 Å². The fraction of sp³-hybridized carbons (Fsp3) is 0.259. The summed E-state index contributed by atoms with van der Waals surface area (Å²) in [4.78, 5) is 30.1. The molecule has 4 aromatic rings. The van der Waals surface area contributed by atoms with Gasteiger partial charge in [-0.2, -0.15) is 5.10 Å². The summed E-state index contributed by atoms with van der Waals surface area (Å²) in [5.74, 6) is 0.145. The van der Waals surface area contributed by atoms with Gasteiger partial charge in [0.05, 0.1) is 5.56 Å². The minimum atomic E-state index is -0.396. The Kier molecular flexibility index (Phi) is 6.30. The SMILES string of the molecule is CC(C)c1cc(C(=O)c2cccc(NC(=O)Nc3ccc(C(C)(C)C)cc3)c2)c2c(N)ncnn12. The maximum atomic E-state index is 13.4. The maximum absolute atomic E-state index is 13.4. The number of fused-ring (bicyclic) bond motifs is 1. The van der Waals surface area contributed by atoms with Crippen molar-refractivity contribution in [1.82, 2.24) is 14.6 Å². The highest BCUT2D eigenvalue weighted by molar-refractivity contribution is 6.15. The number of rotatable bonds is 5. The number of hydrogen-bond donors (Lipinski definition) is 3. The molecule has 4 rings (SSSR count). The predicted molar refractivity (Wildman–Crippen MR) is 139 cm³/mol. The van der Waals surface area contributed by atoms with E-state index in [9.17, 15) is 9.59 Å². The quantitative estimate of drug-likeness (QED) is 0.328. The number of amides is 2. The predicted octanol–water partition coefficient (Wildman–Crippen LogP) is 5.61. The smallest absolute Gasteiger partial charge is 0.323 e. The summed E-state index contributed by atoms with van der Waals surface area (Å²) < 4.78 is 1.67. The highest BCUT2D eigenvalue weighted by Crippen LogP contribution is 2.28. The number of carbonyl (C=O) groups is 2. The topological polar surface area (TPSA) is 114 Å². The van der Waals surface area contributed by atoms with Crippen LogP contribution in [0.15, 0.2) is 60.9 Å². The van der Waals surface area contributed by atoms with Crippen molar-refractivity contribution in [3.05, 3.63) is 83.3 Å². The largest absolute Gasteiger partial charge is 0.382 e. The molecule has 0 unspecified atom stereocenters. The van der Waals surface area contributed by atoms with Gasteiger partial charge in [-0.1, -0.05) is 58.9 Å². The van der Waals surface area contributed by atoms with E-state index in [4.69, 9.17) is 5.73 Å². The molecule has 0 radical (unpaired) electrons. The number of urea groups is 1. The van der Waals surface area contributed by atoms with Gasteiger partial charge < -0.3 is 16.4 Å². The second-order valence-corrected chi connectivity index (χ2v) is 9.86. The van der Waals surface area contributed by atoms with Crippen LogP contribution in [0.5, 0.6) is 0 Å². The van der Waals surface area contributed by atoms with Gasteiger partial charge in [0.1, 0.15) is 11.8 Å². The number of benzene rings is 2. The number of aromatic nitrogens is 3. The number of anilines is 3. The first-order valence-electron chi connectivity index (χ1n) is 11.5. The van der Waals surface area contributed by atoms with E-state index in [2.05, 4.69) is 41.5 Å². The van der Waals surface area contributed by atoms with Crippen molar-refractivity contribution >= 4 is 34.5 Å². The summed E-state index contributed by atoms with van der Waals surface area (Å²) in [6.45, 7) is 10.5. The summed E-state index contributed by atoms with van der Waals surface area (Å²) in [6, 6.07) is 16.0. The van der Waals surface area contributed by atoms with Crippen LogP contribution in [0, 0.1) is 0 Å². The molecule has 0 spiro atoms. The Morgan fingerprint density at radius 2 is 1.66 bits per heavy atom. The lowest BCUT2D eigenvalue weighted by molar-refractivity contribution is 0.104. The monoisotopic (exact) mass is 470 g/mol. The molecule has 2 aromatic carbocycles. The van der Waals surface area contributed by atoms with E-state index in [-0.39, 0.29) is 22.9 Å². The molecule has 0 saturated heterocycles. The van der Waals surface area contributed by atoms with Gasteiger partial charge in [-0.25, -0.2) is 14.3 Å². The molecule has 2 aromatic heterocycles. The van der Waals surface area contributed by atoms with Gasteiger partial charge in [0, 0.05) is 22.6 Å². The van der Waals surface area contributed by atoms with Gasteiger partial charge >= 0.3 is 6.03 Å². The van der Waals surface area contributed by atoms with Crippen molar-refractivity contribution in [2.75, 3.05) is 16.4 Å². The molecular formula is C27H30N6O2. The zero-order valence-electron chi connectivity index (χ0n) is 20.6. The second kappa shape index (κ2) is 9.21. The summed E-state index contributed by atoms with van der Waals surface area (Å²) in [6.07, 6.45) is 1.38. The zero-order chi connectivity index (χ0) is 25.3. The maximum Gasteiger partial charge on any atom is 0.323 e. The van der Waals surface area contributed by atoms with Crippen LogP contribution in [0.25, 0.3) is 5.52 Å². The van der Waals surface area contributed by atoms with E-state index in [1.807, 2.05) is 38.1 Å². The standard InChI is InChI=1S/C27H30N6O2/c1-16(2)22-14-21(23-25(28)29-15-30-33(22)23)24(34)17-7-6-8-20(13-17)32-26(35)31-19-11-9-18(10-12-19)27(3,4)5/h6-16H,1-5H3,(H2,28,29,30)(H2,31,32,35). The molecule has 0 aliphatic heterocycles. The van der Waals surface area contributed by atoms with E-state index in [0.717, 1.165) is 5.69 Å². The normalized spacial score (nSPS) is 11.6. The van der Waals surface area contributed by atoms with E-state index >= 15 is 0 Å². The van der Waals surface area contributed by atoms with Crippen molar-refractivity contribution in [2.24, 2.45) is 0 Å².